The minimum atomic E-state index is -0.791. The molecule has 1 heterocycles. The molecule has 0 bridgehead atoms. The number of aromatic nitrogens is 1. The van der Waals surface area contributed by atoms with Crippen LogP contribution in [0.5, 0.6) is 0 Å². The molecule has 1 unspecified atom stereocenters. The van der Waals surface area contributed by atoms with Crippen molar-refractivity contribution in [3.63, 3.8) is 0 Å². The Morgan fingerprint density at radius 1 is 1.56 bits per heavy atom. The Morgan fingerprint density at radius 2 is 2.19 bits per heavy atom. The van der Waals surface area contributed by atoms with Crippen molar-refractivity contribution in [1.82, 2.24) is 9.88 Å². The molecule has 0 aliphatic carbocycles. The van der Waals surface area contributed by atoms with Crippen LogP contribution in [-0.2, 0) is 11.3 Å². The van der Waals surface area contributed by atoms with Crippen LogP contribution < -0.4 is 0 Å². The molecule has 0 saturated heterocycles. The smallest absolute Gasteiger partial charge is 0.313 e. The first-order chi connectivity index (χ1) is 7.41. The number of carbonyl (C=O) groups is 1. The molecule has 90 valence electrons. The van der Waals surface area contributed by atoms with Crippen LogP contribution in [0.1, 0.15) is 29.7 Å². The maximum absolute atomic E-state index is 11.1. The quantitative estimate of drug-likeness (QED) is 0.858. The van der Waals surface area contributed by atoms with Crippen LogP contribution in [0.25, 0.3) is 0 Å². The first kappa shape index (κ1) is 13.1. The summed E-state index contributed by atoms with van der Waals surface area (Å²) in [5.74, 6) is -1.21. The second kappa shape index (κ2) is 5.41. The predicted octanol–water partition coefficient (Wildman–Crippen LogP) is 2.03. The summed E-state index contributed by atoms with van der Waals surface area (Å²) < 4.78 is 0. The highest BCUT2D eigenvalue weighted by Gasteiger charge is 2.26. The zero-order chi connectivity index (χ0) is 12.3. The van der Waals surface area contributed by atoms with Crippen molar-refractivity contribution >= 4 is 17.3 Å². The van der Waals surface area contributed by atoms with Crippen molar-refractivity contribution in [2.24, 2.45) is 5.92 Å². The number of thiazole rings is 1. The van der Waals surface area contributed by atoms with Crippen LogP contribution in [0.4, 0.5) is 0 Å². The van der Waals surface area contributed by atoms with Gasteiger partial charge in [0.05, 0.1) is 0 Å². The Kier molecular flexibility index (Phi) is 4.44. The van der Waals surface area contributed by atoms with Gasteiger partial charge in [0.25, 0.3) is 0 Å². The fraction of sp³-hybridized carbons (Fsp3) is 0.636. The molecular weight excluding hydrogens is 224 g/mol. The van der Waals surface area contributed by atoms with Gasteiger partial charge >= 0.3 is 5.97 Å². The van der Waals surface area contributed by atoms with Gasteiger partial charge in [-0.25, -0.2) is 4.98 Å². The van der Waals surface area contributed by atoms with E-state index in [9.17, 15) is 4.79 Å². The van der Waals surface area contributed by atoms with E-state index >= 15 is 0 Å². The summed E-state index contributed by atoms with van der Waals surface area (Å²) >= 11 is 1.49. The Morgan fingerprint density at radius 3 is 2.62 bits per heavy atom. The van der Waals surface area contributed by atoms with Gasteiger partial charge in [-0.1, -0.05) is 13.8 Å². The van der Waals surface area contributed by atoms with Crippen molar-refractivity contribution < 1.29 is 9.90 Å². The molecule has 0 aromatic carbocycles. The molecular formula is C11H18N2O2S. The second-order valence-electron chi connectivity index (χ2n) is 4.46. The van der Waals surface area contributed by atoms with E-state index in [0.29, 0.717) is 5.01 Å². The Hall–Kier alpha value is -0.940. The number of aliphatic carboxylic acids is 1. The number of hydrogen-bond donors (Lipinski definition) is 1. The highest BCUT2D eigenvalue weighted by atomic mass is 32.1. The van der Waals surface area contributed by atoms with Gasteiger partial charge in [0.2, 0.25) is 0 Å². The summed E-state index contributed by atoms with van der Waals surface area (Å²) in [7, 11) is 3.97. The van der Waals surface area contributed by atoms with Gasteiger partial charge in [-0.05, 0) is 20.0 Å². The van der Waals surface area contributed by atoms with E-state index in [1.165, 1.54) is 11.3 Å². The second-order valence-corrected chi connectivity index (χ2v) is 5.61. The summed E-state index contributed by atoms with van der Waals surface area (Å²) in [6.45, 7) is 4.62. The summed E-state index contributed by atoms with van der Waals surface area (Å²) in [4.78, 5) is 18.5. The molecule has 1 atom stereocenters. The third-order valence-corrected chi connectivity index (χ3v) is 3.31. The van der Waals surface area contributed by atoms with E-state index in [4.69, 9.17) is 5.11 Å². The zero-order valence-corrected chi connectivity index (χ0v) is 10.9. The van der Waals surface area contributed by atoms with Crippen LogP contribution in [0, 0.1) is 5.92 Å². The summed E-state index contributed by atoms with van der Waals surface area (Å²) in [5.41, 5.74) is 0. The third-order valence-electron chi connectivity index (χ3n) is 2.24. The van der Waals surface area contributed by atoms with E-state index in [1.54, 1.807) is 6.20 Å². The van der Waals surface area contributed by atoms with Crippen LogP contribution in [-0.4, -0.2) is 35.1 Å². The van der Waals surface area contributed by atoms with Crippen molar-refractivity contribution in [3.05, 3.63) is 16.1 Å². The van der Waals surface area contributed by atoms with Crippen LogP contribution in [0.2, 0.25) is 0 Å². The standard InChI is InChI=1S/C11H18N2O2S/c1-7(2)9(11(14)15)10-12-5-8(16-10)6-13(3)4/h5,7,9H,6H2,1-4H3,(H,14,15). The van der Waals surface area contributed by atoms with Gasteiger partial charge in [-0.3, -0.25) is 4.79 Å². The van der Waals surface area contributed by atoms with E-state index in [-0.39, 0.29) is 5.92 Å². The zero-order valence-electron chi connectivity index (χ0n) is 10.1. The SMILES string of the molecule is CC(C)C(C(=O)O)c1ncc(CN(C)C)s1. The number of carboxylic acids is 1. The molecule has 1 aromatic heterocycles. The molecule has 1 rings (SSSR count). The van der Waals surface area contributed by atoms with Crippen LogP contribution >= 0.6 is 11.3 Å². The molecule has 0 radical (unpaired) electrons. The minimum absolute atomic E-state index is 0.0656. The lowest BCUT2D eigenvalue weighted by atomic mass is 9.97. The molecule has 1 aromatic rings. The molecule has 1 N–H and O–H groups in total. The first-order valence-corrected chi connectivity index (χ1v) is 6.05. The average Bonchev–Trinajstić information content (AvgIpc) is 2.50. The topological polar surface area (TPSA) is 53.4 Å². The van der Waals surface area contributed by atoms with E-state index in [2.05, 4.69) is 4.98 Å². The van der Waals surface area contributed by atoms with Crippen molar-refractivity contribution in [1.29, 1.82) is 0 Å². The minimum Gasteiger partial charge on any atom is -0.481 e. The lowest BCUT2D eigenvalue weighted by Crippen LogP contribution is -2.17. The van der Waals surface area contributed by atoms with Gasteiger partial charge in [-0.2, -0.15) is 0 Å². The van der Waals surface area contributed by atoms with E-state index < -0.39 is 11.9 Å². The number of carboxylic acid groups (broad SMARTS) is 1. The fourth-order valence-electron chi connectivity index (χ4n) is 1.53. The lowest BCUT2D eigenvalue weighted by Gasteiger charge is -2.12. The number of hydrogen-bond acceptors (Lipinski definition) is 4. The Labute approximate surface area is 99.9 Å². The van der Waals surface area contributed by atoms with Crippen molar-refractivity contribution in [3.8, 4) is 0 Å². The van der Waals surface area contributed by atoms with E-state index in [1.807, 2.05) is 32.8 Å². The van der Waals surface area contributed by atoms with Gasteiger partial charge in [0, 0.05) is 17.6 Å². The molecule has 0 spiro atoms. The molecule has 5 heteroatoms. The van der Waals surface area contributed by atoms with Gasteiger partial charge in [0.15, 0.2) is 0 Å². The van der Waals surface area contributed by atoms with Crippen LogP contribution in [0.15, 0.2) is 6.20 Å². The maximum atomic E-state index is 11.1. The summed E-state index contributed by atoms with van der Waals surface area (Å²) in [6, 6.07) is 0. The Bertz CT molecular complexity index is 361. The van der Waals surface area contributed by atoms with Crippen molar-refractivity contribution in [2.45, 2.75) is 26.3 Å². The Balaban J connectivity index is 2.86. The summed E-state index contributed by atoms with van der Waals surface area (Å²) in [5, 5.41) is 9.85. The first-order valence-electron chi connectivity index (χ1n) is 5.24. The number of rotatable bonds is 5. The molecule has 0 fully saturated rings. The molecule has 0 saturated carbocycles. The normalized spacial score (nSPS) is 13.4. The van der Waals surface area contributed by atoms with Gasteiger partial charge in [-0.15, -0.1) is 11.3 Å². The molecule has 0 aliphatic rings. The van der Waals surface area contributed by atoms with Crippen molar-refractivity contribution in [2.75, 3.05) is 14.1 Å². The fourth-order valence-corrected chi connectivity index (χ4v) is 2.83. The lowest BCUT2D eigenvalue weighted by molar-refractivity contribution is -0.139. The van der Waals surface area contributed by atoms with Gasteiger partial charge < -0.3 is 10.0 Å². The highest BCUT2D eigenvalue weighted by Crippen LogP contribution is 2.28. The average molecular weight is 242 g/mol. The molecule has 16 heavy (non-hydrogen) atoms. The molecule has 0 amide bonds. The van der Waals surface area contributed by atoms with E-state index in [0.717, 1.165) is 11.4 Å². The van der Waals surface area contributed by atoms with Gasteiger partial charge in [0.1, 0.15) is 10.9 Å². The maximum Gasteiger partial charge on any atom is 0.313 e. The highest BCUT2D eigenvalue weighted by molar-refractivity contribution is 7.11. The van der Waals surface area contributed by atoms with Crippen LogP contribution in [0.3, 0.4) is 0 Å². The predicted molar refractivity (Wildman–Crippen MR) is 64.7 cm³/mol. The number of nitrogens with zero attached hydrogens (tertiary/aromatic N) is 2. The largest absolute Gasteiger partial charge is 0.481 e. The summed E-state index contributed by atoms with van der Waals surface area (Å²) in [6.07, 6.45) is 1.78. The monoisotopic (exact) mass is 242 g/mol. The third kappa shape index (κ3) is 3.28. The molecule has 4 nitrogen and oxygen atoms in total. The molecule has 0 aliphatic heterocycles.